The van der Waals surface area contributed by atoms with Crippen molar-refractivity contribution in [3.05, 3.63) is 64.6 Å². The van der Waals surface area contributed by atoms with Gasteiger partial charge in [-0.3, -0.25) is 4.79 Å². The Labute approximate surface area is 254 Å². The van der Waals surface area contributed by atoms with E-state index in [4.69, 9.17) is 21.1 Å². The summed E-state index contributed by atoms with van der Waals surface area (Å²) in [6.07, 6.45) is 8.12. The molecule has 9 heteroatoms. The maximum Gasteiger partial charge on any atom is 0.224 e. The predicted octanol–water partition coefficient (Wildman–Crippen LogP) is 6.30. The minimum absolute atomic E-state index is 0.118. The van der Waals surface area contributed by atoms with Crippen molar-refractivity contribution in [2.45, 2.75) is 82.5 Å². The highest BCUT2D eigenvalue weighted by atomic mass is 35.5. The monoisotopic (exact) mass is 598 g/mol. The third kappa shape index (κ3) is 7.39. The standard InChI is InChI=1S/C33H44ClFN4O3/c1-3-13-33(35,30-21-36-14-17-42-30)26-9-6-8-25(20-26)22(2)37-31-27-18-23(19-28(27)38-32(34)39-31)10-11-29(40)24-7-4-5-15-41-16-12-24/h3,6,8-9,20,22-24,30,36H,1,4-5,7,10-19,21H2,2H3,(H,37,38,39)/t22-,23?,24?,30?,33?/m1/s1. The normalized spacial score (nSPS) is 25.0. The first kappa shape index (κ1) is 31.0. The second-order valence-corrected chi connectivity index (χ2v) is 12.4. The number of hydrogen-bond donors (Lipinski definition) is 2. The van der Waals surface area contributed by atoms with Gasteiger partial charge in [0.05, 0.1) is 12.3 Å². The number of fused-ring (bicyclic) bond motifs is 1. The zero-order valence-corrected chi connectivity index (χ0v) is 25.4. The van der Waals surface area contributed by atoms with E-state index in [2.05, 4.69) is 27.2 Å². The van der Waals surface area contributed by atoms with Gasteiger partial charge in [0.25, 0.3) is 0 Å². The molecule has 228 valence electrons. The molecule has 2 N–H and O–H groups in total. The molecule has 0 spiro atoms. The van der Waals surface area contributed by atoms with Crippen molar-refractivity contribution in [2.75, 3.05) is 38.2 Å². The number of benzene rings is 1. The predicted molar refractivity (Wildman–Crippen MR) is 164 cm³/mol. The Morgan fingerprint density at radius 3 is 2.95 bits per heavy atom. The van der Waals surface area contributed by atoms with Crippen LogP contribution in [0.4, 0.5) is 10.2 Å². The number of carbonyl (C=O) groups is 1. The first-order valence-electron chi connectivity index (χ1n) is 15.5. The van der Waals surface area contributed by atoms with Gasteiger partial charge in [0.1, 0.15) is 17.7 Å². The van der Waals surface area contributed by atoms with Crippen molar-refractivity contribution in [2.24, 2.45) is 11.8 Å². The Hall–Kier alpha value is -2.39. The van der Waals surface area contributed by atoms with Crippen molar-refractivity contribution in [1.29, 1.82) is 0 Å². The Balaban J connectivity index is 1.25. The number of nitrogens with one attached hydrogen (secondary N) is 2. The highest BCUT2D eigenvalue weighted by Crippen LogP contribution is 2.39. The highest BCUT2D eigenvalue weighted by Gasteiger charge is 2.42. The fraction of sp³-hybridized carbons (Fsp3) is 0.606. The fourth-order valence-electron chi connectivity index (χ4n) is 6.64. The average molecular weight is 599 g/mol. The molecule has 3 aliphatic rings. The number of morpholine rings is 1. The summed E-state index contributed by atoms with van der Waals surface area (Å²) in [5.41, 5.74) is 1.85. The zero-order valence-electron chi connectivity index (χ0n) is 24.7. The van der Waals surface area contributed by atoms with Crippen LogP contribution in [0.15, 0.2) is 36.9 Å². The smallest absolute Gasteiger partial charge is 0.224 e. The van der Waals surface area contributed by atoms with E-state index in [-0.39, 0.29) is 23.7 Å². The topological polar surface area (TPSA) is 85.4 Å². The third-order valence-corrected chi connectivity index (χ3v) is 9.26. The average Bonchev–Trinajstić information content (AvgIpc) is 3.39. The van der Waals surface area contributed by atoms with Crippen molar-refractivity contribution in [3.8, 4) is 0 Å². The molecule has 5 rings (SSSR count). The molecule has 1 aromatic carbocycles. The Kier molecular flexibility index (Phi) is 10.6. The van der Waals surface area contributed by atoms with Crippen LogP contribution in [-0.2, 0) is 32.8 Å². The van der Waals surface area contributed by atoms with Gasteiger partial charge in [-0.15, -0.1) is 6.58 Å². The fourth-order valence-corrected chi connectivity index (χ4v) is 6.83. The summed E-state index contributed by atoms with van der Waals surface area (Å²) in [6.45, 7) is 8.99. The van der Waals surface area contributed by atoms with E-state index in [0.29, 0.717) is 49.3 Å². The van der Waals surface area contributed by atoms with Crippen LogP contribution in [0.1, 0.15) is 80.3 Å². The number of hydrogen-bond acceptors (Lipinski definition) is 7. The Morgan fingerprint density at radius 2 is 2.14 bits per heavy atom. The number of carbonyl (C=O) groups excluding carboxylic acids is 1. The number of halogens is 2. The summed E-state index contributed by atoms with van der Waals surface area (Å²) in [5, 5.41) is 6.99. The number of alkyl halides is 1. The lowest BCUT2D eigenvalue weighted by Crippen LogP contribution is -2.49. The molecule has 2 aliphatic heterocycles. The summed E-state index contributed by atoms with van der Waals surface area (Å²) < 4.78 is 28.0. The van der Waals surface area contributed by atoms with Gasteiger partial charge in [-0.05, 0) is 74.1 Å². The van der Waals surface area contributed by atoms with Gasteiger partial charge in [-0.1, -0.05) is 36.8 Å². The van der Waals surface area contributed by atoms with E-state index in [0.717, 1.165) is 74.9 Å². The third-order valence-electron chi connectivity index (χ3n) is 9.10. The molecule has 0 saturated carbocycles. The lowest BCUT2D eigenvalue weighted by molar-refractivity contribution is -0.124. The molecule has 0 amide bonds. The minimum Gasteiger partial charge on any atom is -0.381 e. The van der Waals surface area contributed by atoms with Gasteiger partial charge < -0.3 is 20.1 Å². The maximum atomic E-state index is 16.5. The molecular weight excluding hydrogens is 555 g/mol. The number of allylic oxidation sites excluding steroid dienone is 1. The first-order chi connectivity index (χ1) is 20.4. The molecule has 5 atom stereocenters. The number of ether oxygens (including phenoxy) is 2. The largest absolute Gasteiger partial charge is 0.381 e. The first-order valence-corrected chi connectivity index (χ1v) is 15.9. The van der Waals surface area contributed by atoms with Crippen LogP contribution in [0.25, 0.3) is 0 Å². The molecular formula is C33H44ClFN4O3. The lowest BCUT2D eigenvalue weighted by Gasteiger charge is -2.36. The van der Waals surface area contributed by atoms with Crippen LogP contribution in [0.3, 0.4) is 0 Å². The number of Topliss-reactive ketones (excluding diaryl/α,β-unsaturated/α-hetero) is 1. The van der Waals surface area contributed by atoms with Crippen LogP contribution in [0, 0.1) is 11.8 Å². The van der Waals surface area contributed by atoms with Crippen LogP contribution in [-0.4, -0.2) is 54.8 Å². The molecule has 3 heterocycles. The van der Waals surface area contributed by atoms with Crippen LogP contribution in [0.5, 0.6) is 0 Å². The van der Waals surface area contributed by atoms with Crippen LogP contribution in [0.2, 0.25) is 5.28 Å². The Morgan fingerprint density at radius 1 is 1.26 bits per heavy atom. The summed E-state index contributed by atoms with van der Waals surface area (Å²) in [4.78, 5) is 22.1. The van der Waals surface area contributed by atoms with Crippen molar-refractivity contribution < 1.29 is 18.7 Å². The maximum absolute atomic E-state index is 16.5. The second kappa shape index (κ2) is 14.4. The molecule has 42 heavy (non-hydrogen) atoms. The molecule has 1 aliphatic carbocycles. The molecule has 0 bridgehead atoms. The molecule has 1 aromatic heterocycles. The SMILES string of the molecule is C=CCC(F)(c1cccc([C@@H](C)Nc2nc(Cl)nc3c2CC(CCC(=O)C2CCCCOCC2)C3)c1)C1CNCCO1. The van der Waals surface area contributed by atoms with E-state index in [9.17, 15) is 4.79 Å². The van der Waals surface area contributed by atoms with Crippen LogP contribution >= 0.6 is 11.6 Å². The summed E-state index contributed by atoms with van der Waals surface area (Å²) in [6, 6.07) is 7.47. The van der Waals surface area contributed by atoms with Crippen LogP contribution < -0.4 is 10.6 Å². The number of rotatable bonds is 11. The molecule has 4 unspecified atom stereocenters. The van der Waals surface area contributed by atoms with Gasteiger partial charge in [-0.2, -0.15) is 0 Å². The minimum atomic E-state index is -1.68. The van der Waals surface area contributed by atoms with Crippen molar-refractivity contribution >= 4 is 23.2 Å². The molecule has 2 fully saturated rings. The number of nitrogens with zero attached hydrogens (tertiary/aromatic N) is 2. The van der Waals surface area contributed by atoms with Gasteiger partial charge in [0.2, 0.25) is 5.28 Å². The van der Waals surface area contributed by atoms with Gasteiger partial charge in [-0.25, -0.2) is 14.4 Å². The van der Waals surface area contributed by atoms with Crippen molar-refractivity contribution in [3.63, 3.8) is 0 Å². The quantitative estimate of drug-likeness (QED) is 0.232. The highest BCUT2D eigenvalue weighted by molar-refractivity contribution is 6.28. The summed E-state index contributed by atoms with van der Waals surface area (Å²) in [5.74, 6) is 1.53. The zero-order chi connectivity index (χ0) is 29.5. The van der Waals surface area contributed by atoms with Gasteiger partial charge >= 0.3 is 0 Å². The summed E-state index contributed by atoms with van der Waals surface area (Å²) >= 11 is 6.36. The molecule has 2 saturated heterocycles. The lowest BCUT2D eigenvalue weighted by atomic mass is 9.85. The van der Waals surface area contributed by atoms with Gasteiger partial charge in [0.15, 0.2) is 5.67 Å². The van der Waals surface area contributed by atoms with E-state index in [1.807, 2.05) is 31.2 Å². The Bertz CT molecular complexity index is 1230. The van der Waals surface area contributed by atoms with E-state index >= 15 is 4.39 Å². The van der Waals surface area contributed by atoms with E-state index in [1.54, 1.807) is 6.08 Å². The number of ketones is 1. The van der Waals surface area contributed by atoms with Gasteiger partial charge in [0, 0.05) is 56.7 Å². The van der Waals surface area contributed by atoms with E-state index in [1.165, 1.54) is 0 Å². The van der Waals surface area contributed by atoms with E-state index < -0.39 is 11.8 Å². The second-order valence-electron chi connectivity index (χ2n) is 12.0. The number of aromatic nitrogens is 2. The van der Waals surface area contributed by atoms with Crippen molar-refractivity contribution in [1.82, 2.24) is 15.3 Å². The summed E-state index contributed by atoms with van der Waals surface area (Å²) in [7, 11) is 0. The molecule has 0 radical (unpaired) electrons. The molecule has 2 aromatic rings. The molecule has 7 nitrogen and oxygen atoms in total. The number of anilines is 1.